The van der Waals surface area contributed by atoms with E-state index in [1.165, 1.54) is 22.3 Å². The van der Waals surface area contributed by atoms with Gasteiger partial charge in [-0.15, -0.1) is 0 Å². The van der Waals surface area contributed by atoms with E-state index >= 15 is 0 Å². The summed E-state index contributed by atoms with van der Waals surface area (Å²) in [6, 6.07) is 4.53. The molecule has 1 aromatic carbocycles. The Balaban J connectivity index is 2.95. The summed E-state index contributed by atoms with van der Waals surface area (Å²) in [5.41, 5.74) is 11.5. The number of nitrogens with two attached hydrogens (primary N) is 1. The molecular formula is C15H26N2. The Hall–Kier alpha value is -0.860. The molecule has 1 rings (SSSR count). The van der Waals surface area contributed by atoms with Crippen molar-refractivity contribution in [1.29, 1.82) is 0 Å². The van der Waals surface area contributed by atoms with Crippen molar-refractivity contribution in [3.63, 3.8) is 0 Å². The van der Waals surface area contributed by atoms with E-state index < -0.39 is 0 Å². The van der Waals surface area contributed by atoms with Gasteiger partial charge in [-0.3, -0.25) is 0 Å². The molecule has 0 aromatic heterocycles. The first kappa shape index (κ1) is 14.2. The maximum Gasteiger partial charge on any atom is -0.000755 e. The first-order valence-corrected chi connectivity index (χ1v) is 6.38. The fourth-order valence-corrected chi connectivity index (χ4v) is 2.63. The Kier molecular flexibility index (Phi) is 5.16. The van der Waals surface area contributed by atoms with Crippen LogP contribution < -0.4 is 5.73 Å². The van der Waals surface area contributed by atoms with Crippen molar-refractivity contribution in [2.24, 2.45) is 5.73 Å². The van der Waals surface area contributed by atoms with Crippen molar-refractivity contribution in [2.75, 3.05) is 27.2 Å². The molecular weight excluding hydrogens is 208 g/mol. The molecule has 0 amide bonds. The molecule has 0 aliphatic heterocycles. The molecule has 0 aliphatic carbocycles. The number of hydrogen-bond acceptors (Lipinski definition) is 2. The van der Waals surface area contributed by atoms with Gasteiger partial charge in [0.2, 0.25) is 0 Å². The second-order valence-electron chi connectivity index (χ2n) is 5.34. The molecule has 17 heavy (non-hydrogen) atoms. The van der Waals surface area contributed by atoms with Crippen LogP contribution in [-0.4, -0.2) is 32.1 Å². The Morgan fingerprint density at radius 1 is 1.12 bits per heavy atom. The van der Waals surface area contributed by atoms with Crippen LogP contribution in [0.2, 0.25) is 0 Å². The van der Waals surface area contributed by atoms with Gasteiger partial charge in [0, 0.05) is 0 Å². The van der Waals surface area contributed by atoms with E-state index in [0.717, 1.165) is 19.5 Å². The second kappa shape index (κ2) is 6.18. The van der Waals surface area contributed by atoms with Gasteiger partial charge in [-0.25, -0.2) is 0 Å². The molecule has 0 aliphatic rings. The van der Waals surface area contributed by atoms with Crippen molar-refractivity contribution in [1.82, 2.24) is 4.90 Å². The summed E-state index contributed by atoms with van der Waals surface area (Å²) < 4.78 is 0. The van der Waals surface area contributed by atoms with Gasteiger partial charge in [-0.2, -0.15) is 0 Å². The lowest BCUT2D eigenvalue weighted by atomic mass is 9.87. The van der Waals surface area contributed by atoms with Crippen LogP contribution in [0, 0.1) is 20.8 Å². The molecule has 1 atom stereocenters. The maximum absolute atomic E-state index is 5.95. The van der Waals surface area contributed by atoms with Gasteiger partial charge in [-0.05, 0) is 77.0 Å². The van der Waals surface area contributed by atoms with Gasteiger partial charge in [0.05, 0.1) is 0 Å². The van der Waals surface area contributed by atoms with Crippen molar-refractivity contribution in [3.05, 3.63) is 34.4 Å². The van der Waals surface area contributed by atoms with E-state index in [1.54, 1.807) is 0 Å². The van der Waals surface area contributed by atoms with E-state index in [2.05, 4.69) is 51.9 Å². The molecule has 0 fully saturated rings. The van der Waals surface area contributed by atoms with Crippen molar-refractivity contribution >= 4 is 0 Å². The third-order valence-electron chi connectivity index (χ3n) is 3.36. The molecule has 0 heterocycles. The van der Waals surface area contributed by atoms with Crippen LogP contribution in [0.25, 0.3) is 0 Å². The molecule has 0 saturated carbocycles. The Bertz CT molecular complexity index is 346. The fraction of sp³-hybridized carbons (Fsp3) is 0.600. The first-order chi connectivity index (χ1) is 7.95. The minimum Gasteiger partial charge on any atom is -0.330 e. The lowest BCUT2D eigenvalue weighted by Crippen LogP contribution is -2.21. The zero-order valence-electron chi connectivity index (χ0n) is 11.9. The number of hydrogen-bond donors (Lipinski definition) is 1. The van der Waals surface area contributed by atoms with E-state index in [4.69, 9.17) is 5.73 Å². The summed E-state index contributed by atoms with van der Waals surface area (Å²) in [6.07, 6.45) is 1.13. The van der Waals surface area contributed by atoms with Gasteiger partial charge in [0.25, 0.3) is 0 Å². The van der Waals surface area contributed by atoms with Crippen LogP contribution in [0.4, 0.5) is 0 Å². The number of benzene rings is 1. The van der Waals surface area contributed by atoms with Gasteiger partial charge in [0.1, 0.15) is 0 Å². The van der Waals surface area contributed by atoms with Gasteiger partial charge >= 0.3 is 0 Å². The summed E-state index contributed by atoms with van der Waals surface area (Å²) in [5.74, 6) is 0.484. The minimum absolute atomic E-state index is 0.484. The smallest absolute Gasteiger partial charge is 0.000755 e. The lowest BCUT2D eigenvalue weighted by molar-refractivity contribution is 0.381. The third kappa shape index (κ3) is 3.83. The molecule has 0 radical (unpaired) electrons. The molecule has 1 unspecified atom stereocenters. The van der Waals surface area contributed by atoms with Crippen LogP contribution in [0.5, 0.6) is 0 Å². The lowest BCUT2D eigenvalue weighted by Gasteiger charge is -2.22. The van der Waals surface area contributed by atoms with Crippen LogP contribution in [-0.2, 0) is 0 Å². The Morgan fingerprint density at radius 2 is 1.65 bits per heavy atom. The summed E-state index contributed by atoms with van der Waals surface area (Å²) in [5, 5.41) is 0. The Labute approximate surface area is 106 Å². The predicted octanol–water partition coefficient (Wildman–Crippen LogP) is 2.61. The normalized spacial score (nSPS) is 13.1. The van der Waals surface area contributed by atoms with Crippen molar-refractivity contribution in [2.45, 2.75) is 33.1 Å². The average Bonchev–Trinajstić information content (AvgIpc) is 2.21. The van der Waals surface area contributed by atoms with E-state index in [1.807, 2.05) is 0 Å². The highest BCUT2D eigenvalue weighted by Gasteiger charge is 2.15. The molecule has 0 saturated heterocycles. The van der Waals surface area contributed by atoms with Crippen LogP contribution in [0.15, 0.2) is 12.1 Å². The van der Waals surface area contributed by atoms with Crippen LogP contribution >= 0.6 is 0 Å². The molecule has 1 aromatic rings. The topological polar surface area (TPSA) is 29.3 Å². The highest BCUT2D eigenvalue weighted by atomic mass is 15.0. The number of aryl methyl sites for hydroxylation is 3. The standard InChI is InChI=1S/C15H26N2/c1-11-8-12(2)15(13(3)9-11)14(10-16)6-7-17(4)5/h8-9,14H,6-7,10,16H2,1-5H3. The van der Waals surface area contributed by atoms with Crippen molar-refractivity contribution < 1.29 is 0 Å². The second-order valence-corrected chi connectivity index (χ2v) is 5.34. The molecule has 96 valence electrons. The first-order valence-electron chi connectivity index (χ1n) is 6.38. The summed E-state index contributed by atoms with van der Waals surface area (Å²) in [4.78, 5) is 2.22. The average molecular weight is 234 g/mol. The largest absolute Gasteiger partial charge is 0.330 e. The molecule has 0 spiro atoms. The molecule has 2 nitrogen and oxygen atoms in total. The van der Waals surface area contributed by atoms with Crippen LogP contribution in [0.1, 0.15) is 34.6 Å². The maximum atomic E-state index is 5.95. The van der Waals surface area contributed by atoms with Gasteiger partial charge in [-0.1, -0.05) is 17.7 Å². The summed E-state index contributed by atoms with van der Waals surface area (Å²) >= 11 is 0. The highest BCUT2D eigenvalue weighted by Crippen LogP contribution is 2.27. The quantitative estimate of drug-likeness (QED) is 0.848. The fourth-order valence-electron chi connectivity index (χ4n) is 2.63. The van der Waals surface area contributed by atoms with Crippen molar-refractivity contribution in [3.8, 4) is 0 Å². The van der Waals surface area contributed by atoms with E-state index in [9.17, 15) is 0 Å². The van der Waals surface area contributed by atoms with E-state index in [-0.39, 0.29) is 0 Å². The highest BCUT2D eigenvalue weighted by molar-refractivity contribution is 5.40. The van der Waals surface area contributed by atoms with E-state index in [0.29, 0.717) is 5.92 Å². The predicted molar refractivity (Wildman–Crippen MR) is 75.6 cm³/mol. The SMILES string of the molecule is Cc1cc(C)c(C(CN)CCN(C)C)c(C)c1. The summed E-state index contributed by atoms with van der Waals surface area (Å²) in [6.45, 7) is 8.38. The monoisotopic (exact) mass is 234 g/mol. The number of rotatable bonds is 5. The summed E-state index contributed by atoms with van der Waals surface area (Å²) in [7, 11) is 4.23. The van der Waals surface area contributed by atoms with Crippen LogP contribution in [0.3, 0.4) is 0 Å². The Morgan fingerprint density at radius 3 is 2.06 bits per heavy atom. The zero-order chi connectivity index (χ0) is 13.0. The van der Waals surface area contributed by atoms with Gasteiger partial charge in [0.15, 0.2) is 0 Å². The zero-order valence-corrected chi connectivity index (χ0v) is 11.9. The molecule has 2 N–H and O–H groups in total. The third-order valence-corrected chi connectivity index (χ3v) is 3.36. The number of nitrogens with zero attached hydrogens (tertiary/aromatic N) is 1. The van der Waals surface area contributed by atoms with Gasteiger partial charge < -0.3 is 10.6 Å². The minimum atomic E-state index is 0.484. The molecule has 2 heteroatoms. The molecule has 0 bridgehead atoms.